The van der Waals surface area contributed by atoms with Crippen LogP contribution < -0.4 is 5.32 Å². The second-order valence-electron chi connectivity index (χ2n) is 5.03. The van der Waals surface area contributed by atoms with E-state index in [2.05, 4.69) is 10.3 Å². The zero-order valence-electron chi connectivity index (χ0n) is 11.7. The number of aliphatic carboxylic acids is 1. The summed E-state index contributed by atoms with van der Waals surface area (Å²) in [6.45, 7) is 0. The van der Waals surface area contributed by atoms with Crippen LogP contribution in [0.4, 0.5) is 5.69 Å². The predicted molar refractivity (Wildman–Crippen MR) is 84.7 cm³/mol. The largest absolute Gasteiger partial charge is 0.481 e. The molecule has 0 atom stereocenters. The minimum atomic E-state index is -0.982. The van der Waals surface area contributed by atoms with Crippen molar-refractivity contribution in [3.8, 4) is 0 Å². The molecule has 0 aliphatic rings. The van der Waals surface area contributed by atoms with Gasteiger partial charge in [-0.2, -0.15) is 0 Å². The van der Waals surface area contributed by atoms with Gasteiger partial charge in [0.15, 0.2) is 0 Å². The van der Waals surface area contributed by atoms with Crippen molar-refractivity contribution in [3.05, 3.63) is 48.5 Å². The number of rotatable bonds is 4. The molecule has 0 bridgehead atoms. The van der Waals surface area contributed by atoms with Crippen LogP contribution in [0.2, 0.25) is 0 Å². The van der Waals surface area contributed by atoms with Crippen LogP contribution in [0.1, 0.15) is 12.8 Å². The van der Waals surface area contributed by atoms with Crippen LogP contribution >= 0.6 is 0 Å². The second-order valence-corrected chi connectivity index (χ2v) is 5.03. The van der Waals surface area contributed by atoms with Crippen molar-refractivity contribution in [1.29, 1.82) is 0 Å². The van der Waals surface area contributed by atoms with Gasteiger partial charge in [-0.3, -0.25) is 9.59 Å². The third-order valence-electron chi connectivity index (χ3n) is 3.37. The summed E-state index contributed by atoms with van der Waals surface area (Å²) in [5.41, 5.74) is 2.41. The highest BCUT2D eigenvalue weighted by Gasteiger charge is 2.07. The number of para-hydroxylation sites is 1. The van der Waals surface area contributed by atoms with Gasteiger partial charge in [-0.1, -0.05) is 18.2 Å². The van der Waals surface area contributed by atoms with Gasteiger partial charge in [0.05, 0.1) is 17.5 Å². The van der Waals surface area contributed by atoms with Gasteiger partial charge in [-0.25, -0.2) is 4.98 Å². The molecule has 5 heteroatoms. The summed E-state index contributed by atoms with van der Waals surface area (Å²) in [6.07, 6.45) is -0.213. The lowest BCUT2D eigenvalue weighted by atomic mass is 10.1. The number of carboxylic acid groups (broad SMARTS) is 1. The van der Waals surface area contributed by atoms with Crippen LogP contribution in [0.25, 0.3) is 21.8 Å². The number of carbonyl (C=O) groups excluding carboxylic acids is 1. The number of carboxylic acids is 1. The molecule has 0 saturated carbocycles. The maximum absolute atomic E-state index is 11.7. The number of amides is 1. The summed E-state index contributed by atoms with van der Waals surface area (Å²) < 4.78 is 0. The number of benzene rings is 2. The van der Waals surface area contributed by atoms with Crippen LogP contribution in [0.3, 0.4) is 0 Å². The van der Waals surface area contributed by atoms with Crippen molar-refractivity contribution in [3.63, 3.8) is 0 Å². The van der Waals surface area contributed by atoms with Crippen molar-refractivity contribution in [2.24, 2.45) is 0 Å². The molecule has 22 heavy (non-hydrogen) atoms. The standard InChI is InChI=1S/C17H14N2O3/c20-16(7-8-17(21)22)18-13-5-6-15-12(10-13)9-11-3-1-2-4-14(11)19-15/h1-6,9-10H,7-8H2,(H,18,20)(H,21,22). The number of hydrogen-bond donors (Lipinski definition) is 2. The molecule has 0 spiro atoms. The summed E-state index contributed by atoms with van der Waals surface area (Å²) >= 11 is 0. The Balaban J connectivity index is 1.87. The maximum Gasteiger partial charge on any atom is 0.303 e. The van der Waals surface area contributed by atoms with Gasteiger partial charge in [0.1, 0.15) is 0 Å². The molecule has 1 amide bonds. The lowest BCUT2D eigenvalue weighted by Crippen LogP contribution is -2.13. The van der Waals surface area contributed by atoms with E-state index in [0.29, 0.717) is 5.69 Å². The summed E-state index contributed by atoms with van der Waals surface area (Å²) in [5, 5.41) is 13.2. The summed E-state index contributed by atoms with van der Waals surface area (Å²) in [7, 11) is 0. The molecule has 2 aromatic carbocycles. The second kappa shape index (κ2) is 5.81. The number of pyridine rings is 1. The SMILES string of the molecule is O=C(O)CCC(=O)Nc1ccc2nc3ccccc3cc2c1. The Kier molecular flexibility index (Phi) is 3.70. The number of hydrogen-bond acceptors (Lipinski definition) is 3. The number of fused-ring (bicyclic) bond motifs is 2. The summed E-state index contributed by atoms with van der Waals surface area (Å²) in [4.78, 5) is 26.7. The lowest BCUT2D eigenvalue weighted by molar-refractivity contribution is -0.138. The fraction of sp³-hybridized carbons (Fsp3) is 0.118. The number of nitrogens with one attached hydrogen (secondary N) is 1. The van der Waals surface area contributed by atoms with Crippen molar-refractivity contribution < 1.29 is 14.7 Å². The van der Waals surface area contributed by atoms with Crippen molar-refractivity contribution >= 4 is 39.4 Å². The zero-order valence-corrected chi connectivity index (χ0v) is 11.7. The molecule has 0 saturated heterocycles. The molecule has 3 aromatic rings. The fourth-order valence-corrected chi connectivity index (χ4v) is 2.30. The molecular formula is C17H14N2O3. The molecule has 1 aromatic heterocycles. The molecule has 2 N–H and O–H groups in total. The fourth-order valence-electron chi connectivity index (χ4n) is 2.30. The first-order valence-corrected chi connectivity index (χ1v) is 6.93. The Morgan fingerprint density at radius 1 is 0.955 bits per heavy atom. The summed E-state index contributed by atoms with van der Waals surface area (Å²) in [5.74, 6) is -1.29. The number of carbonyl (C=O) groups is 2. The van der Waals surface area contributed by atoms with Gasteiger partial charge in [0.25, 0.3) is 0 Å². The van der Waals surface area contributed by atoms with Crippen LogP contribution in [0, 0.1) is 0 Å². The van der Waals surface area contributed by atoms with Crippen molar-refractivity contribution in [2.75, 3.05) is 5.32 Å². The molecule has 1 heterocycles. The van der Waals surface area contributed by atoms with E-state index >= 15 is 0 Å². The molecule has 0 fully saturated rings. The first-order valence-electron chi connectivity index (χ1n) is 6.93. The van der Waals surface area contributed by atoms with E-state index in [-0.39, 0.29) is 18.7 Å². The molecule has 0 aliphatic carbocycles. The molecule has 110 valence electrons. The Bertz CT molecular complexity index is 874. The first-order chi connectivity index (χ1) is 10.6. The Morgan fingerprint density at radius 3 is 2.55 bits per heavy atom. The van der Waals surface area contributed by atoms with Crippen LogP contribution in [0.5, 0.6) is 0 Å². The van der Waals surface area contributed by atoms with Crippen molar-refractivity contribution in [2.45, 2.75) is 12.8 Å². The number of nitrogens with zero attached hydrogens (tertiary/aromatic N) is 1. The van der Waals surface area contributed by atoms with E-state index in [1.165, 1.54) is 0 Å². The normalized spacial score (nSPS) is 10.7. The topological polar surface area (TPSA) is 79.3 Å². The highest BCUT2D eigenvalue weighted by Crippen LogP contribution is 2.22. The lowest BCUT2D eigenvalue weighted by Gasteiger charge is -2.07. The smallest absolute Gasteiger partial charge is 0.303 e. The molecule has 5 nitrogen and oxygen atoms in total. The van der Waals surface area contributed by atoms with E-state index < -0.39 is 5.97 Å². The number of anilines is 1. The average molecular weight is 294 g/mol. The molecule has 0 radical (unpaired) electrons. The Labute approximate surface area is 126 Å². The van der Waals surface area contributed by atoms with Gasteiger partial charge in [-0.05, 0) is 30.3 Å². The van der Waals surface area contributed by atoms with Crippen LogP contribution in [-0.4, -0.2) is 22.0 Å². The van der Waals surface area contributed by atoms with Crippen molar-refractivity contribution in [1.82, 2.24) is 4.98 Å². The summed E-state index contributed by atoms with van der Waals surface area (Å²) in [6, 6.07) is 15.3. The minimum absolute atomic E-state index is 0.0384. The zero-order chi connectivity index (χ0) is 15.5. The quantitative estimate of drug-likeness (QED) is 0.724. The molecule has 3 rings (SSSR count). The predicted octanol–water partition coefficient (Wildman–Crippen LogP) is 3.19. The third-order valence-corrected chi connectivity index (χ3v) is 3.37. The molecule has 0 aliphatic heterocycles. The highest BCUT2D eigenvalue weighted by molar-refractivity contribution is 5.97. The van der Waals surface area contributed by atoms with Gasteiger partial charge < -0.3 is 10.4 Å². The van der Waals surface area contributed by atoms with Crippen LogP contribution in [-0.2, 0) is 9.59 Å². The van der Waals surface area contributed by atoms with E-state index in [9.17, 15) is 9.59 Å². The highest BCUT2D eigenvalue weighted by atomic mass is 16.4. The molecular weight excluding hydrogens is 280 g/mol. The number of aromatic nitrogens is 1. The average Bonchev–Trinajstić information content (AvgIpc) is 2.51. The third kappa shape index (κ3) is 3.03. The van der Waals surface area contributed by atoms with Gasteiger partial charge >= 0.3 is 5.97 Å². The molecule has 0 unspecified atom stereocenters. The Hall–Kier alpha value is -2.95. The van der Waals surface area contributed by atoms with Gasteiger partial charge in [0, 0.05) is 22.9 Å². The monoisotopic (exact) mass is 294 g/mol. The van der Waals surface area contributed by atoms with E-state index in [1.807, 2.05) is 42.5 Å². The van der Waals surface area contributed by atoms with Gasteiger partial charge in [0.2, 0.25) is 5.91 Å². The van der Waals surface area contributed by atoms with E-state index in [0.717, 1.165) is 21.8 Å². The van der Waals surface area contributed by atoms with E-state index in [1.54, 1.807) is 6.07 Å². The minimum Gasteiger partial charge on any atom is -0.481 e. The van der Waals surface area contributed by atoms with Crippen LogP contribution in [0.15, 0.2) is 48.5 Å². The maximum atomic E-state index is 11.7. The first kappa shape index (κ1) is 14.0. The van der Waals surface area contributed by atoms with E-state index in [4.69, 9.17) is 5.11 Å². The Morgan fingerprint density at radius 2 is 1.73 bits per heavy atom. The van der Waals surface area contributed by atoms with Gasteiger partial charge in [-0.15, -0.1) is 0 Å².